The predicted octanol–water partition coefficient (Wildman–Crippen LogP) is 3.62. The molecule has 1 aliphatic rings. The van der Waals surface area contributed by atoms with Crippen LogP contribution >= 0.6 is 0 Å². The quantitative estimate of drug-likeness (QED) is 0.707. The van der Waals surface area contributed by atoms with E-state index in [1.54, 1.807) is 6.92 Å². The summed E-state index contributed by atoms with van der Waals surface area (Å²) in [6.07, 6.45) is 4.82. The van der Waals surface area contributed by atoms with Crippen molar-refractivity contribution in [1.29, 1.82) is 0 Å². The Morgan fingerprint density at radius 3 is 2.00 bits per heavy atom. The van der Waals surface area contributed by atoms with Crippen molar-refractivity contribution in [2.45, 2.75) is 53.4 Å². The van der Waals surface area contributed by atoms with E-state index in [1.807, 2.05) is 0 Å². The molecule has 0 bridgehead atoms. The van der Waals surface area contributed by atoms with Gasteiger partial charge in [0, 0.05) is 5.57 Å². The van der Waals surface area contributed by atoms with Crippen molar-refractivity contribution >= 4 is 5.97 Å². The van der Waals surface area contributed by atoms with E-state index in [-0.39, 0.29) is 5.41 Å². The molecule has 1 saturated carbocycles. The van der Waals surface area contributed by atoms with Crippen molar-refractivity contribution in [3.63, 3.8) is 0 Å². The van der Waals surface area contributed by atoms with Gasteiger partial charge < -0.3 is 5.11 Å². The molecule has 0 spiro atoms. The monoisotopic (exact) mass is 210 g/mol. The highest BCUT2D eigenvalue weighted by Crippen LogP contribution is 2.42. The maximum absolute atomic E-state index is 11.1. The summed E-state index contributed by atoms with van der Waals surface area (Å²) in [5.41, 5.74) is 1.71. The largest absolute Gasteiger partial charge is 0.478 e. The van der Waals surface area contributed by atoms with Gasteiger partial charge in [-0.15, -0.1) is 0 Å². The third-order valence-electron chi connectivity index (χ3n) is 3.30. The summed E-state index contributed by atoms with van der Waals surface area (Å²) in [7, 11) is 0. The van der Waals surface area contributed by atoms with Crippen LogP contribution < -0.4 is 0 Å². The van der Waals surface area contributed by atoms with Gasteiger partial charge >= 0.3 is 5.97 Å². The number of rotatable bonds is 2. The zero-order chi connectivity index (χ0) is 11.6. The molecule has 0 aromatic rings. The average molecular weight is 210 g/mol. The minimum Gasteiger partial charge on any atom is -0.478 e. The third kappa shape index (κ3) is 2.83. The van der Waals surface area contributed by atoms with E-state index in [0.29, 0.717) is 11.5 Å². The molecule has 86 valence electrons. The molecule has 1 rings (SSSR count). The van der Waals surface area contributed by atoms with E-state index in [0.717, 1.165) is 18.4 Å². The highest BCUT2D eigenvalue weighted by Gasteiger charge is 2.30. The molecule has 0 radical (unpaired) electrons. The van der Waals surface area contributed by atoms with Gasteiger partial charge in [0.25, 0.3) is 0 Å². The van der Waals surface area contributed by atoms with Crippen LogP contribution in [0.1, 0.15) is 53.4 Å². The molecule has 0 saturated heterocycles. The molecule has 0 aromatic carbocycles. The lowest BCUT2D eigenvalue weighted by molar-refractivity contribution is -0.132. The number of allylic oxidation sites excluding steroid dienone is 1. The van der Waals surface area contributed by atoms with Gasteiger partial charge in [0.05, 0.1) is 0 Å². The van der Waals surface area contributed by atoms with Crippen LogP contribution in [0.25, 0.3) is 0 Å². The molecule has 1 N–H and O–H groups in total. The third-order valence-corrected chi connectivity index (χ3v) is 3.30. The molecule has 2 heteroatoms. The van der Waals surface area contributed by atoms with Crippen LogP contribution in [-0.2, 0) is 4.79 Å². The van der Waals surface area contributed by atoms with Gasteiger partial charge in [-0.3, -0.25) is 0 Å². The average Bonchev–Trinajstić information content (AvgIpc) is 2.54. The van der Waals surface area contributed by atoms with E-state index in [1.165, 1.54) is 12.8 Å². The van der Waals surface area contributed by atoms with Gasteiger partial charge in [0.15, 0.2) is 0 Å². The van der Waals surface area contributed by atoms with Crippen LogP contribution in [0.2, 0.25) is 0 Å². The number of carboxylic acid groups (broad SMARTS) is 1. The van der Waals surface area contributed by atoms with Crippen LogP contribution in [0.4, 0.5) is 0 Å². The number of hydrogen-bond acceptors (Lipinski definition) is 1. The maximum atomic E-state index is 11.1. The highest BCUT2D eigenvalue weighted by molar-refractivity contribution is 5.87. The number of carboxylic acids is 1. The molecular weight excluding hydrogens is 188 g/mol. The first-order valence-electron chi connectivity index (χ1n) is 5.78. The topological polar surface area (TPSA) is 37.3 Å². The summed E-state index contributed by atoms with van der Waals surface area (Å²) >= 11 is 0. The van der Waals surface area contributed by atoms with Gasteiger partial charge in [-0.05, 0) is 31.1 Å². The minimum absolute atomic E-state index is 0.0164. The Labute approximate surface area is 92.4 Å². The van der Waals surface area contributed by atoms with Crippen LogP contribution in [0.5, 0.6) is 0 Å². The second-order valence-corrected chi connectivity index (χ2v) is 5.58. The zero-order valence-electron chi connectivity index (χ0n) is 10.3. The summed E-state index contributed by atoms with van der Waals surface area (Å²) in [6.45, 7) is 8.11. The van der Waals surface area contributed by atoms with Crippen molar-refractivity contribution in [3.05, 3.63) is 11.1 Å². The first-order chi connectivity index (χ1) is 6.84. The summed E-state index contributed by atoms with van der Waals surface area (Å²) in [5, 5.41) is 9.12. The van der Waals surface area contributed by atoms with Gasteiger partial charge in [0.2, 0.25) is 0 Å². The molecule has 0 heterocycles. The molecule has 0 atom stereocenters. The summed E-state index contributed by atoms with van der Waals surface area (Å²) in [4.78, 5) is 11.1. The number of carbonyl (C=O) groups is 1. The van der Waals surface area contributed by atoms with E-state index in [2.05, 4.69) is 20.8 Å². The minimum atomic E-state index is -0.758. The van der Waals surface area contributed by atoms with E-state index >= 15 is 0 Å². The second-order valence-electron chi connectivity index (χ2n) is 5.58. The van der Waals surface area contributed by atoms with Gasteiger partial charge in [0.1, 0.15) is 0 Å². The van der Waals surface area contributed by atoms with E-state index in [4.69, 9.17) is 5.11 Å². The molecule has 1 fully saturated rings. The Kier molecular flexibility index (Phi) is 3.58. The summed E-state index contributed by atoms with van der Waals surface area (Å²) < 4.78 is 0. The van der Waals surface area contributed by atoms with Crippen LogP contribution in [0.3, 0.4) is 0 Å². The Hall–Kier alpha value is -0.790. The lowest BCUT2D eigenvalue weighted by Crippen LogP contribution is -2.20. The molecule has 0 aliphatic heterocycles. The Bertz CT molecular complexity index is 275. The van der Waals surface area contributed by atoms with Crippen molar-refractivity contribution in [1.82, 2.24) is 0 Å². The number of hydrogen-bond donors (Lipinski definition) is 1. The molecule has 2 nitrogen and oxygen atoms in total. The highest BCUT2D eigenvalue weighted by atomic mass is 16.4. The first kappa shape index (κ1) is 12.3. The van der Waals surface area contributed by atoms with Gasteiger partial charge in [-0.2, -0.15) is 0 Å². The first-order valence-corrected chi connectivity index (χ1v) is 5.78. The SMILES string of the molecule is CC(C(=O)O)=C(C1CCCC1)C(C)(C)C. The smallest absolute Gasteiger partial charge is 0.331 e. The van der Waals surface area contributed by atoms with Gasteiger partial charge in [-0.25, -0.2) is 4.79 Å². The zero-order valence-corrected chi connectivity index (χ0v) is 10.3. The predicted molar refractivity (Wildman–Crippen MR) is 61.7 cm³/mol. The molecule has 0 unspecified atom stereocenters. The maximum Gasteiger partial charge on any atom is 0.331 e. The van der Waals surface area contributed by atoms with Crippen LogP contribution in [-0.4, -0.2) is 11.1 Å². The Morgan fingerprint density at radius 1 is 1.20 bits per heavy atom. The lowest BCUT2D eigenvalue weighted by atomic mass is 9.75. The van der Waals surface area contributed by atoms with Crippen LogP contribution in [0.15, 0.2) is 11.1 Å². The van der Waals surface area contributed by atoms with E-state index < -0.39 is 5.97 Å². The Balaban J connectivity index is 3.07. The Morgan fingerprint density at radius 2 is 1.67 bits per heavy atom. The fraction of sp³-hybridized carbons (Fsp3) is 0.769. The molecular formula is C13H22O2. The fourth-order valence-electron chi connectivity index (χ4n) is 2.81. The van der Waals surface area contributed by atoms with Crippen LogP contribution in [0, 0.1) is 11.3 Å². The van der Waals surface area contributed by atoms with Crippen molar-refractivity contribution in [3.8, 4) is 0 Å². The number of aliphatic carboxylic acids is 1. The molecule has 15 heavy (non-hydrogen) atoms. The normalized spacial score (nSPS) is 20.3. The summed E-state index contributed by atoms with van der Waals surface area (Å²) in [6, 6.07) is 0. The van der Waals surface area contributed by atoms with Crippen molar-refractivity contribution in [2.75, 3.05) is 0 Å². The summed E-state index contributed by atoms with van der Waals surface area (Å²) in [5.74, 6) is -0.257. The standard InChI is InChI=1S/C13H22O2/c1-9(12(14)15)11(13(2,3)4)10-7-5-6-8-10/h10H,5-8H2,1-4H3,(H,14,15). The van der Waals surface area contributed by atoms with Crippen molar-refractivity contribution < 1.29 is 9.90 Å². The van der Waals surface area contributed by atoms with Gasteiger partial charge in [-0.1, -0.05) is 39.2 Å². The van der Waals surface area contributed by atoms with E-state index in [9.17, 15) is 4.79 Å². The fourth-order valence-corrected chi connectivity index (χ4v) is 2.81. The van der Waals surface area contributed by atoms with Crippen molar-refractivity contribution in [2.24, 2.45) is 11.3 Å². The molecule has 0 aromatic heterocycles. The lowest BCUT2D eigenvalue weighted by Gasteiger charge is -2.29. The molecule has 1 aliphatic carbocycles. The second kappa shape index (κ2) is 4.38. The molecule has 0 amide bonds.